The summed E-state index contributed by atoms with van der Waals surface area (Å²) < 4.78 is 5.64. The van der Waals surface area contributed by atoms with Gasteiger partial charge in [-0.05, 0) is 64.5 Å². The van der Waals surface area contributed by atoms with E-state index in [4.69, 9.17) is 4.74 Å². The van der Waals surface area contributed by atoms with Crippen LogP contribution in [0.1, 0.15) is 39.2 Å². The van der Waals surface area contributed by atoms with Crippen molar-refractivity contribution < 1.29 is 19.1 Å². The van der Waals surface area contributed by atoms with Crippen LogP contribution in [0.4, 0.5) is 0 Å². The van der Waals surface area contributed by atoms with E-state index in [0.29, 0.717) is 5.75 Å². The van der Waals surface area contributed by atoms with Gasteiger partial charge in [-0.2, -0.15) is 5.01 Å². The first-order valence-electron chi connectivity index (χ1n) is 9.88. The van der Waals surface area contributed by atoms with Gasteiger partial charge in [0.2, 0.25) is 0 Å². The monoisotopic (exact) mass is 382 g/mol. The molecule has 1 aliphatic heterocycles. The molecule has 4 rings (SSSR count). The van der Waals surface area contributed by atoms with Gasteiger partial charge in [0.1, 0.15) is 5.75 Å². The van der Waals surface area contributed by atoms with Gasteiger partial charge >= 0.3 is 0 Å². The average Bonchev–Trinajstić information content (AvgIpc) is 3.29. The fourth-order valence-corrected chi connectivity index (χ4v) is 5.18. The molecular formula is C22H26N2O4. The SMILES string of the molecule is CC(C)=C1[C@H]2CC[C@H]1[C@@H]1C(=O)N(NC(=O)[C@H](C)Oc3ccc(C)cc3)C(=O)[C@H]12. The number of carbonyl (C=O) groups is 3. The molecule has 1 saturated heterocycles. The van der Waals surface area contributed by atoms with Crippen LogP contribution in [0.15, 0.2) is 35.4 Å². The fourth-order valence-electron chi connectivity index (χ4n) is 5.18. The fraction of sp³-hybridized carbons (Fsp3) is 0.500. The molecule has 2 aliphatic carbocycles. The number of imide groups is 1. The van der Waals surface area contributed by atoms with Crippen molar-refractivity contribution in [3.8, 4) is 5.75 Å². The van der Waals surface area contributed by atoms with Crippen molar-refractivity contribution >= 4 is 17.7 Å². The summed E-state index contributed by atoms with van der Waals surface area (Å²) in [5.41, 5.74) is 6.11. The number of benzene rings is 1. The number of nitrogens with one attached hydrogen (secondary N) is 1. The van der Waals surface area contributed by atoms with Crippen molar-refractivity contribution in [2.24, 2.45) is 23.7 Å². The zero-order chi connectivity index (χ0) is 20.2. The minimum absolute atomic E-state index is 0.139. The van der Waals surface area contributed by atoms with E-state index >= 15 is 0 Å². The van der Waals surface area contributed by atoms with Gasteiger partial charge in [-0.3, -0.25) is 19.8 Å². The maximum absolute atomic E-state index is 12.9. The molecule has 2 bridgehead atoms. The molecule has 3 fully saturated rings. The summed E-state index contributed by atoms with van der Waals surface area (Å²) in [5.74, 6) is -0.880. The van der Waals surface area contributed by atoms with Crippen LogP contribution in [0.25, 0.3) is 0 Å². The second-order valence-electron chi connectivity index (χ2n) is 8.36. The molecule has 0 aromatic heterocycles. The van der Waals surface area contributed by atoms with E-state index < -0.39 is 12.0 Å². The lowest BCUT2D eigenvalue weighted by Gasteiger charge is -2.22. The minimum atomic E-state index is -0.825. The summed E-state index contributed by atoms with van der Waals surface area (Å²) in [7, 11) is 0. The molecule has 0 radical (unpaired) electrons. The number of hydrogen-bond donors (Lipinski definition) is 1. The van der Waals surface area contributed by atoms with E-state index in [1.807, 2.05) is 19.1 Å². The molecule has 1 N–H and O–H groups in total. The third-order valence-corrected chi connectivity index (χ3v) is 6.35. The average molecular weight is 382 g/mol. The third kappa shape index (κ3) is 2.82. The zero-order valence-corrected chi connectivity index (χ0v) is 16.7. The van der Waals surface area contributed by atoms with Crippen molar-refractivity contribution in [2.45, 2.75) is 46.6 Å². The number of hydrazine groups is 1. The molecule has 3 aliphatic rings. The van der Waals surface area contributed by atoms with Crippen molar-refractivity contribution in [3.63, 3.8) is 0 Å². The Bertz CT molecular complexity index is 837. The van der Waals surface area contributed by atoms with Gasteiger partial charge in [-0.25, -0.2) is 0 Å². The van der Waals surface area contributed by atoms with Gasteiger partial charge in [0.05, 0.1) is 11.8 Å². The van der Waals surface area contributed by atoms with Gasteiger partial charge in [0, 0.05) is 0 Å². The van der Waals surface area contributed by atoms with Crippen molar-refractivity contribution in [3.05, 3.63) is 41.0 Å². The molecule has 1 aromatic rings. The van der Waals surface area contributed by atoms with Crippen molar-refractivity contribution in [1.82, 2.24) is 10.4 Å². The van der Waals surface area contributed by atoms with Crippen LogP contribution >= 0.6 is 0 Å². The minimum Gasteiger partial charge on any atom is -0.481 e. The number of fused-ring (bicyclic) bond motifs is 5. The third-order valence-electron chi connectivity index (χ3n) is 6.35. The molecule has 3 amide bonds. The highest BCUT2D eigenvalue weighted by Crippen LogP contribution is 2.59. The largest absolute Gasteiger partial charge is 0.481 e. The van der Waals surface area contributed by atoms with E-state index in [1.165, 1.54) is 11.1 Å². The molecule has 28 heavy (non-hydrogen) atoms. The van der Waals surface area contributed by atoms with Crippen LogP contribution in [-0.2, 0) is 14.4 Å². The first-order chi connectivity index (χ1) is 13.3. The smallest absolute Gasteiger partial charge is 0.279 e. The van der Waals surface area contributed by atoms with E-state index in [2.05, 4.69) is 19.3 Å². The Kier molecular flexibility index (Phi) is 4.52. The number of amides is 3. The molecule has 6 nitrogen and oxygen atoms in total. The van der Waals surface area contributed by atoms with Gasteiger partial charge in [0.15, 0.2) is 6.10 Å². The van der Waals surface area contributed by atoms with E-state index in [0.717, 1.165) is 23.4 Å². The highest BCUT2D eigenvalue weighted by atomic mass is 16.5. The van der Waals surface area contributed by atoms with E-state index in [-0.39, 0.29) is 35.5 Å². The first-order valence-corrected chi connectivity index (χ1v) is 9.88. The second kappa shape index (κ2) is 6.76. The van der Waals surface area contributed by atoms with Gasteiger partial charge in [0.25, 0.3) is 17.7 Å². The highest BCUT2D eigenvalue weighted by molar-refractivity contribution is 6.07. The summed E-state index contributed by atoms with van der Waals surface area (Å²) in [6, 6.07) is 7.36. The van der Waals surface area contributed by atoms with Gasteiger partial charge < -0.3 is 4.74 Å². The summed E-state index contributed by atoms with van der Waals surface area (Å²) in [5, 5.41) is 0.944. The number of hydrogen-bond acceptors (Lipinski definition) is 4. The summed E-state index contributed by atoms with van der Waals surface area (Å²) in [6.07, 6.45) is 1.06. The van der Waals surface area contributed by atoms with Crippen LogP contribution < -0.4 is 10.2 Å². The first kappa shape index (κ1) is 18.7. The number of carbonyl (C=O) groups excluding carboxylic acids is 3. The lowest BCUT2D eigenvalue weighted by molar-refractivity contribution is -0.151. The highest BCUT2D eigenvalue weighted by Gasteiger charge is 2.63. The molecule has 1 aromatic carbocycles. The van der Waals surface area contributed by atoms with Crippen LogP contribution in [0.5, 0.6) is 5.75 Å². The quantitative estimate of drug-likeness (QED) is 0.642. The van der Waals surface area contributed by atoms with E-state index in [9.17, 15) is 14.4 Å². The summed E-state index contributed by atoms with van der Waals surface area (Å²) in [6.45, 7) is 7.68. The molecule has 148 valence electrons. The Hall–Kier alpha value is -2.63. The Morgan fingerprint density at radius 2 is 1.61 bits per heavy atom. The molecule has 0 unspecified atom stereocenters. The van der Waals surface area contributed by atoms with Crippen LogP contribution in [0.3, 0.4) is 0 Å². The number of nitrogens with zero attached hydrogens (tertiary/aromatic N) is 1. The van der Waals surface area contributed by atoms with Gasteiger partial charge in [-0.15, -0.1) is 0 Å². The standard InChI is InChI=1S/C22H26N2O4/c1-11(2)17-15-9-10-16(17)19-18(15)21(26)24(22(19)27)23-20(25)13(4)28-14-7-5-12(3)6-8-14/h5-8,13,15-16,18-19H,9-10H2,1-4H3,(H,23,25)/t13-,15+,16+,18-,19-/m0/s1. The van der Waals surface area contributed by atoms with Crippen molar-refractivity contribution in [1.29, 1.82) is 0 Å². The lowest BCUT2D eigenvalue weighted by atomic mass is 9.81. The topological polar surface area (TPSA) is 75.7 Å². The Morgan fingerprint density at radius 3 is 2.11 bits per heavy atom. The lowest BCUT2D eigenvalue weighted by Crippen LogP contribution is -2.51. The number of aryl methyl sites for hydroxylation is 1. The summed E-state index contributed by atoms with van der Waals surface area (Å²) >= 11 is 0. The number of rotatable bonds is 4. The maximum Gasteiger partial charge on any atom is 0.279 e. The zero-order valence-electron chi connectivity index (χ0n) is 16.7. The Morgan fingerprint density at radius 1 is 1.07 bits per heavy atom. The van der Waals surface area contributed by atoms with Crippen LogP contribution in [0.2, 0.25) is 0 Å². The van der Waals surface area contributed by atoms with Crippen LogP contribution in [0, 0.1) is 30.6 Å². The summed E-state index contributed by atoms with van der Waals surface area (Å²) in [4.78, 5) is 38.4. The Labute approximate surface area is 164 Å². The molecule has 6 heteroatoms. The maximum atomic E-state index is 12.9. The van der Waals surface area contributed by atoms with Gasteiger partial charge in [-0.1, -0.05) is 28.8 Å². The molecule has 2 saturated carbocycles. The molecule has 1 heterocycles. The number of allylic oxidation sites excluding steroid dienone is 2. The molecule has 5 atom stereocenters. The number of ether oxygens (including phenoxy) is 1. The normalized spacial score (nSPS) is 29.1. The second-order valence-corrected chi connectivity index (χ2v) is 8.36. The van der Waals surface area contributed by atoms with Crippen molar-refractivity contribution in [2.75, 3.05) is 0 Å². The molecule has 0 spiro atoms. The Balaban J connectivity index is 1.46. The van der Waals surface area contributed by atoms with E-state index in [1.54, 1.807) is 19.1 Å². The molecular weight excluding hydrogens is 356 g/mol. The predicted octanol–water partition coefficient (Wildman–Crippen LogP) is 2.77. The van der Waals surface area contributed by atoms with Crippen LogP contribution in [-0.4, -0.2) is 28.8 Å². The predicted molar refractivity (Wildman–Crippen MR) is 103 cm³/mol.